The Morgan fingerprint density at radius 2 is 2.27 bits per heavy atom. The average Bonchev–Trinajstić information content (AvgIpc) is 3.41. The number of thiophene rings is 2. The maximum absolute atomic E-state index is 12.5. The molecule has 0 aliphatic carbocycles. The van der Waals surface area contributed by atoms with Crippen LogP contribution in [0.4, 0.5) is 5.82 Å². The Morgan fingerprint density at radius 3 is 2.96 bits per heavy atom. The Bertz CT molecular complexity index is 1050. The first-order valence-electron chi connectivity index (χ1n) is 7.17. The summed E-state index contributed by atoms with van der Waals surface area (Å²) in [5, 5.41) is 24.8. The number of rotatable bonds is 5. The Hall–Kier alpha value is -3.38. The van der Waals surface area contributed by atoms with Gasteiger partial charge in [0.25, 0.3) is 5.91 Å². The Labute approximate surface area is 153 Å². The maximum Gasteiger partial charge on any atom is 0.294 e. The molecule has 4 heterocycles. The van der Waals surface area contributed by atoms with E-state index < -0.39 is 5.91 Å². The van der Waals surface area contributed by atoms with Crippen molar-refractivity contribution in [2.45, 2.75) is 0 Å². The smallest absolute Gasteiger partial charge is 0.294 e. The van der Waals surface area contributed by atoms with Crippen LogP contribution in [0.2, 0.25) is 0 Å². The molecule has 0 unspecified atom stereocenters. The van der Waals surface area contributed by atoms with E-state index >= 15 is 0 Å². The predicted octanol–water partition coefficient (Wildman–Crippen LogP) is 1.79. The van der Waals surface area contributed by atoms with E-state index in [0.29, 0.717) is 5.69 Å². The molecule has 0 bridgehead atoms. The van der Waals surface area contributed by atoms with Crippen LogP contribution in [0.5, 0.6) is 0 Å². The normalized spacial score (nSPS) is 11.2. The number of nitrogens with zero attached hydrogens (tertiary/aromatic N) is 6. The van der Waals surface area contributed by atoms with Gasteiger partial charge in [0.1, 0.15) is 5.69 Å². The highest BCUT2D eigenvalue weighted by Crippen LogP contribution is 2.29. The molecule has 0 aromatic carbocycles. The number of carbonyl (C=O) groups is 1. The summed E-state index contributed by atoms with van der Waals surface area (Å²) in [6, 6.07) is 5.56. The van der Waals surface area contributed by atoms with Crippen molar-refractivity contribution in [3.63, 3.8) is 0 Å². The SMILES string of the molecule is Nc1nonc1-n1nnc(C(=O)NN=Cc2ccsc2)c1-c1cccs1. The third-order valence-electron chi connectivity index (χ3n) is 3.26. The summed E-state index contributed by atoms with van der Waals surface area (Å²) in [6.45, 7) is 0. The molecule has 0 aliphatic heterocycles. The number of nitrogens with one attached hydrogen (secondary N) is 1. The van der Waals surface area contributed by atoms with Gasteiger partial charge in [-0.05, 0) is 38.6 Å². The Balaban J connectivity index is 1.69. The number of hydrogen-bond acceptors (Lipinski definition) is 10. The molecule has 4 aromatic rings. The van der Waals surface area contributed by atoms with Crippen molar-refractivity contribution in [3.05, 3.63) is 45.6 Å². The van der Waals surface area contributed by atoms with Crippen LogP contribution in [0.3, 0.4) is 0 Å². The number of anilines is 1. The van der Waals surface area contributed by atoms with Crippen LogP contribution in [0, 0.1) is 0 Å². The van der Waals surface area contributed by atoms with Crippen molar-refractivity contribution in [1.29, 1.82) is 0 Å². The number of nitrogens with two attached hydrogens (primary N) is 1. The molecule has 0 saturated carbocycles. The first-order chi connectivity index (χ1) is 12.7. The number of hydrazone groups is 1. The molecule has 26 heavy (non-hydrogen) atoms. The largest absolute Gasteiger partial charge is 0.378 e. The lowest BCUT2D eigenvalue weighted by Gasteiger charge is -2.02. The molecule has 10 nitrogen and oxygen atoms in total. The van der Waals surface area contributed by atoms with Gasteiger partial charge in [0.2, 0.25) is 11.6 Å². The Morgan fingerprint density at radius 1 is 1.35 bits per heavy atom. The van der Waals surface area contributed by atoms with Gasteiger partial charge in [0.15, 0.2) is 5.69 Å². The minimum Gasteiger partial charge on any atom is -0.378 e. The van der Waals surface area contributed by atoms with Crippen molar-refractivity contribution in [2.24, 2.45) is 5.10 Å². The minimum atomic E-state index is -0.513. The lowest BCUT2D eigenvalue weighted by molar-refractivity contribution is 0.0951. The fourth-order valence-electron chi connectivity index (χ4n) is 2.12. The summed E-state index contributed by atoms with van der Waals surface area (Å²) in [5.74, 6) is -0.321. The molecule has 0 aliphatic rings. The second-order valence-corrected chi connectivity index (χ2v) is 6.63. The first kappa shape index (κ1) is 16.1. The van der Waals surface area contributed by atoms with Crippen molar-refractivity contribution < 1.29 is 9.42 Å². The van der Waals surface area contributed by atoms with Gasteiger partial charge in [-0.15, -0.1) is 16.4 Å². The van der Waals surface area contributed by atoms with Gasteiger partial charge >= 0.3 is 0 Å². The second kappa shape index (κ2) is 6.85. The van der Waals surface area contributed by atoms with Crippen LogP contribution in [0.1, 0.15) is 16.1 Å². The van der Waals surface area contributed by atoms with Crippen LogP contribution in [0.25, 0.3) is 16.4 Å². The van der Waals surface area contributed by atoms with E-state index in [1.165, 1.54) is 27.4 Å². The summed E-state index contributed by atoms with van der Waals surface area (Å²) in [4.78, 5) is 13.3. The molecular weight excluding hydrogens is 376 g/mol. The van der Waals surface area contributed by atoms with Gasteiger partial charge in [-0.25, -0.2) is 10.1 Å². The minimum absolute atomic E-state index is 0.0372. The highest BCUT2D eigenvalue weighted by Gasteiger charge is 2.25. The van der Waals surface area contributed by atoms with Crippen LogP contribution < -0.4 is 11.2 Å². The van der Waals surface area contributed by atoms with Crippen LogP contribution in [0.15, 0.2) is 44.1 Å². The summed E-state index contributed by atoms with van der Waals surface area (Å²) < 4.78 is 5.93. The number of carbonyl (C=O) groups excluding carboxylic acids is 1. The van der Waals surface area contributed by atoms with E-state index in [9.17, 15) is 4.79 Å². The molecule has 0 fully saturated rings. The van der Waals surface area contributed by atoms with E-state index in [1.54, 1.807) is 6.21 Å². The zero-order chi connectivity index (χ0) is 17.9. The van der Waals surface area contributed by atoms with E-state index in [-0.39, 0.29) is 17.3 Å². The molecule has 0 atom stereocenters. The zero-order valence-electron chi connectivity index (χ0n) is 12.9. The first-order valence-corrected chi connectivity index (χ1v) is 9.00. The molecule has 130 valence electrons. The molecule has 0 spiro atoms. The van der Waals surface area contributed by atoms with Crippen LogP contribution in [-0.2, 0) is 0 Å². The van der Waals surface area contributed by atoms with Gasteiger partial charge in [-0.2, -0.15) is 21.1 Å². The monoisotopic (exact) mass is 386 g/mol. The fourth-order valence-corrected chi connectivity index (χ4v) is 3.49. The van der Waals surface area contributed by atoms with Gasteiger partial charge < -0.3 is 5.73 Å². The lowest BCUT2D eigenvalue weighted by atomic mass is 10.2. The maximum atomic E-state index is 12.5. The standard InChI is InChI=1S/C14H10N8O2S2/c15-12-13(20-24-19-12)22-11(9-2-1-4-26-9)10(17-21-22)14(23)18-16-6-8-3-5-25-7-8/h1-7H,(H2,15,19)(H,18,23). The number of amides is 1. The molecule has 0 radical (unpaired) electrons. The van der Waals surface area contributed by atoms with Gasteiger partial charge in [-0.3, -0.25) is 4.79 Å². The van der Waals surface area contributed by atoms with Crippen molar-refractivity contribution in [1.82, 2.24) is 30.7 Å². The van der Waals surface area contributed by atoms with E-state index in [0.717, 1.165) is 10.4 Å². The second-order valence-electron chi connectivity index (χ2n) is 4.90. The quantitative estimate of drug-likeness (QED) is 0.394. The molecule has 3 N–H and O–H groups in total. The predicted molar refractivity (Wildman–Crippen MR) is 96.3 cm³/mol. The third-order valence-corrected chi connectivity index (χ3v) is 4.84. The lowest BCUT2D eigenvalue weighted by Crippen LogP contribution is -2.19. The molecule has 4 aromatic heterocycles. The molecular formula is C14H10N8O2S2. The topological polar surface area (TPSA) is 137 Å². The molecule has 4 rings (SSSR count). The molecule has 0 saturated heterocycles. The number of hydrogen-bond donors (Lipinski definition) is 2. The fraction of sp³-hybridized carbons (Fsp3) is 0. The molecule has 12 heteroatoms. The van der Waals surface area contributed by atoms with Gasteiger partial charge in [0.05, 0.1) is 11.1 Å². The highest BCUT2D eigenvalue weighted by atomic mass is 32.1. The average molecular weight is 386 g/mol. The van der Waals surface area contributed by atoms with E-state index in [4.69, 9.17) is 5.73 Å². The summed E-state index contributed by atoms with van der Waals surface area (Å²) in [7, 11) is 0. The summed E-state index contributed by atoms with van der Waals surface area (Å²) in [5.41, 5.74) is 9.58. The zero-order valence-corrected chi connectivity index (χ0v) is 14.6. The number of aromatic nitrogens is 5. The van der Waals surface area contributed by atoms with Crippen molar-refractivity contribution >= 4 is 40.6 Å². The van der Waals surface area contributed by atoms with Crippen molar-refractivity contribution in [2.75, 3.05) is 5.73 Å². The van der Waals surface area contributed by atoms with Crippen LogP contribution in [-0.4, -0.2) is 37.4 Å². The van der Waals surface area contributed by atoms with E-state index in [1.807, 2.05) is 34.3 Å². The molecule has 1 amide bonds. The third kappa shape index (κ3) is 2.98. The van der Waals surface area contributed by atoms with Crippen molar-refractivity contribution in [3.8, 4) is 16.4 Å². The summed E-state index contributed by atoms with van der Waals surface area (Å²) in [6.07, 6.45) is 1.54. The van der Waals surface area contributed by atoms with E-state index in [2.05, 4.69) is 35.8 Å². The highest BCUT2D eigenvalue weighted by molar-refractivity contribution is 7.13. The summed E-state index contributed by atoms with van der Waals surface area (Å²) >= 11 is 2.95. The van der Waals surface area contributed by atoms with Crippen LogP contribution >= 0.6 is 22.7 Å². The number of nitrogen functional groups attached to an aromatic ring is 1. The Kier molecular flexibility index (Phi) is 4.25. The van der Waals surface area contributed by atoms with Gasteiger partial charge in [-0.1, -0.05) is 11.3 Å². The van der Waals surface area contributed by atoms with Gasteiger partial charge in [0, 0.05) is 5.56 Å².